The molecule has 3 rings (SSSR count). The van der Waals surface area contributed by atoms with Crippen LogP contribution in [0, 0.1) is 13.8 Å². The molecular formula is C26H39ClN6OS. The lowest BCUT2D eigenvalue weighted by molar-refractivity contribution is 0.0934. The van der Waals surface area contributed by atoms with Gasteiger partial charge >= 0.3 is 0 Å². The molecule has 35 heavy (non-hydrogen) atoms. The van der Waals surface area contributed by atoms with Crippen LogP contribution in [0.2, 0.25) is 5.15 Å². The molecule has 2 aromatic rings. The molecule has 0 unspecified atom stereocenters. The van der Waals surface area contributed by atoms with Crippen molar-refractivity contribution in [2.24, 2.45) is 10.7 Å². The first-order valence-electron chi connectivity index (χ1n) is 12.4. The number of aryl methyl sites for hydroxylation is 2. The molecule has 1 fully saturated rings. The smallest absolute Gasteiger partial charge is 0.253 e. The van der Waals surface area contributed by atoms with E-state index in [1.807, 2.05) is 13.8 Å². The van der Waals surface area contributed by atoms with Crippen LogP contribution in [0.3, 0.4) is 0 Å². The van der Waals surface area contributed by atoms with Crippen molar-refractivity contribution in [3.63, 3.8) is 0 Å². The number of rotatable bonds is 9. The summed E-state index contributed by atoms with van der Waals surface area (Å²) in [6.45, 7) is 13.5. The third kappa shape index (κ3) is 7.66. The number of aliphatic imine (C=N–C) groups is 1. The summed E-state index contributed by atoms with van der Waals surface area (Å²) in [7, 11) is 0. The van der Waals surface area contributed by atoms with Gasteiger partial charge in [-0.15, -0.1) is 0 Å². The number of likely N-dealkylation sites (tertiary alicyclic amines) is 1. The Morgan fingerprint density at radius 3 is 2.66 bits per heavy atom. The zero-order chi connectivity index (χ0) is 25.5. The highest BCUT2D eigenvalue weighted by Gasteiger charge is 2.28. The molecule has 0 bridgehead atoms. The highest BCUT2D eigenvalue weighted by molar-refractivity contribution is 7.07. The van der Waals surface area contributed by atoms with Gasteiger partial charge in [-0.3, -0.25) is 9.79 Å². The highest BCUT2D eigenvalue weighted by Crippen LogP contribution is 2.22. The van der Waals surface area contributed by atoms with Crippen molar-refractivity contribution in [3.8, 4) is 0 Å². The van der Waals surface area contributed by atoms with Crippen molar-refractivity contribution in [1.82, 2.24) is 20.1 Å². The number of carbonyl (C=O) groups is 1. The number of pyridine rings is 1. The minimum atomic E-state index is -0.0842. The molecule has 0 spiro atoms. The molecule has 3 N–H and O–H groups in total. The van der Waals surface area contributed by atoms with Crippen molar-refractivity contribution >= 4 is 34.8 Å². The number of aromatic nitrogens is 1. The molecule has 2 aromatic heterocycles. The number of piperidine rings is 1. The summed E-state index contributed by atoms with van der Waals surface area (Å²) >= 11 is 7.71. The summed E-state index contributed by atoms with van der Waals surface area (Å²) in [6.07, 6.45) is 2.99. The fourth-order valence-electron chi connectivity index (χ4n) is 4.75. The monoisotopic (exact) mass is 518 g/mol. The number of hydrogen-bond donors (Lipinski definition) is 2. The zero-order valence-electron chi connectivity index (χ0n) is 21.6. The van der Waals surface area contributed by atoms with E-state index in [2.05, 4.69) is 62.7 Å². The Balaban J connectivity index is 1.51. The second-order valence-electron chi connectivity index (χ2n) is 9.72. The minimum Gasteiger partial charge on any atom is -0.370 e. The van der Waals surface area contributed by atoms with Crippen LogP contribution in [0.5, 0.6) is 0 Å². The van der Waals surface area contributed by atoms with Gasteiger partial charge in [-0.1, -0.05) is 11.6 Å². The van der Waals surface area contributed by atoms with Gasteiger partial charge in [0, 0.05) is 44.3 Å². The predicted molar refractivity (Wildman–Crippen MR) is 146 cm³/mol. The average Bonchev–Trinajstić information content (AvgIpc) is 3.29. The predicted octanol–water partition coefficient (Wildman–Crippen LogP) is 4.61. The Hall–Kier alpha value is -2.16. The molecule has 192 valence electrons. The second-order valence-corrected chi connectivity index (χ2v) is 10.9. The van der Waals surface area contributed by atoms with E-state index >= 15 is 0 Å². The fraction of sp³-hybridized carbons (Fsp3) is 0.577. The summed E-state index contributed by atoms with van der Waals surface area (Å²) < 4.78 is 0. The van der Waals surface area contributed by atoms with Gasteiger partial charge in [-0.25, -0.2) is 4.98 Å². The molecule has 1 saturated heterocycles. The van der Waals surface area contributed by atoms with Crippen molar-refractivity contribution in [2.75, 3.05) is 19.6 Å². The van der Waals surface area contributed by atoms with E-state index in [0.717, 1.165) is 44.5 Å². The van der Waals surface area contributed by atoms with Crippen LogP contribution >= 0.6 is 22.9 Å². The first-order valence-corrected chi connectivity index (χ1v) is 13.7. The van der Waals surface area contributed by atoms with Gasteiger partial charge in [-0.05, 0) is 87.9 Å². The molecule has 0 aliphatic carbocycles. The first-order chi connectivity index (χ1) is 16.7. The molecule has 0 saturated carbocycles. The van der Waals surface area contributed by atoms with E-state index in [9.17, 15) is 4.79 Å². The fourth-order valence-corrected chi connectivity index (χ4v) is 5.70. The summed E-state index contributed by atoms with van der Waals surface area (Å²) in [5.41, 5.74) is 9.86. The lowest BCUT2D eigenvalue weighted by atomic mass is 10.0. The van der Waals surface area contributed by atoms with Gasteiger partial charge in [0.05, 0.1) is 11.3 Å². The summed E-state index contributed by atoms with van der Waals surface area (Å²) in [5.74, 6) is 0.557. The van der Waals surface area contributed by atoms with E-state index in [1.54, 1.807) is 17.4 Å². The lowest BCUT2D eigenvalue weighted by Crippen LogP contribution is -2.51. The standard InChI is InChI=1S/C26H39ClN6OS/c1-17(2)30-26(28)33(15-21-9-13-35-16-21)22-7-11-32(12-8-22)19(4)6-10-29-25(34)24-18(3)14-23(27)31-20(24)5/h9,13-14,16-17,19,22H,6-8,10-12,15H2,1-5H3,(H2,28,30)(H,29,34)/t19-/m1/s1. The quantitative estimate of drug-likeness (QED) is 0.287. The molecule has 3 heterocycles. The number of guanidine groups is 1. The maximum atomic E-state index is 12.7. The summed E-state index contributed by atoms with van der Waals surface area (Å²) in [5, 5.41) is 7.78. The highest BCUT2D eigenvalue weighted by atomic mass is 35.5. The number of nitrogens with two attached hydrogens (primary N) is 1. The van der Waals surface area contributed by atoms with Crippen molar-refractivity contribution in [2.45, 2.75) is 78.6 Å². The van der Waals surface area contributed by atoms with Gasteiger partial charge in [0.2, 0.25) is 0 Å². The number of thiophene rings is 1. The van der Waals surface area contributed by atoms with Gasteiger partial charge < -0.3 is 20.9 Å². The molecule has 1 aliphatic rings. The Labute approximate surface area is 218 Å². The van der Waals surface area contributed by atoms with Crippen LogP contribution in [0.25, 0.3) is 0 Å². The van der Waals surface area contributed by atoms with Gasteiger partial charge in [0.25, 0.3) is 5.91 Å². The molecule has 0 aromatic carbocycles. The first kappa shape index (κ1) is 27.4. The van der Waals surface area contributed by atoms with E-state index < -0.39 is 0 Å². The maximum Gasteiger partial charge on any atom is 0.253 e. The maximum absolute atomic E-state index is 12.7. The molecule has 7 nitrogen and oxygen atoms in total. The Morgan fingerprint density at radius 2 is 2.06 bits per heavy atom. The molecule has 1 aliphatic heterocycles. The van der Waals surface area contributed by atoms with E-state index in [1.165, 1.54) is 5.56 Å². The van der Waals surface area contributed by atoms with E-state index in [4.69, 9.17) is 17.3 Å². The Morgan fingerprint density at radius 1 is 1.34 bits per heavy atom. The second kappa shape index (κ2) is 12.7. The molecular weight excluding hydrogens is 480 g/mol. The third-order valence-electron chi connectivity index (χ3n) is 6.62. The largest absolute Gasteiger partial charge is 0.370 e. The minimum absolute atomic E-state index is 0.0842. The Kier molecular flexibility index (Phi) is 9.95. The topological polar surface area (TPSA) is 86.9 Å². The van der Waals surface area contributed by atoms with Crippen LogP contribution in [0.15, 0.2) is 27.9 Å². The number of hydrogen-bond acceptors (Lipinski definition) is 5. The summed E-state index contributed by atoms with van der Waals surface area (Å²) in [6, 6.07) is 4.83. The van der Waals surface area contributed by atoms with Gasteiger partial charge in [-0.2, -0.15) is 11.3 Å². The number of amides is 1. The number of halogens is 1. The van der Waals surface area contributed by atoms with Crippen LogP contribution < -0.4 is 11.1 Å². The lowest BCUT2D eigenvalue weighted by Gasteiger charge is -2.41. The number of nitrogens with zero attached hydrogens (tertiary/aromatic N) is 4. The molecule has 0 radical (unpaired) electrons. The summed E-state index contributed by atoms with van der Waals surface area (Å²) in [4.78, 5) is 26.4. The molecule has 1 atom stereocenters. The van der Waals surface area contributed by atoms with Crippen molar-refractivity contribution in [1.29, 1.82) is 0 Å². The van der Waals surface area contributed by atoms with Gasteiger partial charge in [0.15, 0.2) is 5.96 Å². The molecule has 1 amide bonds. The van der Waals surface area contributed by atoms with Crippen LogP contribution in [0.1, 0.15) is 67.2 Å². The van der Waals surface area contributed by atoms with E-state index in [-0.39, 0.29) is 11.9 Å². The number of nitrogens with one attached hydrogen (secondary N) is 1. The third-order valence-corrected chi connectivity index (χ3v) is 7.55. The zero-order valence-corrected chi connectivity index (χ0v) is 23.1. The normalized spacial score (nSPS) is 16.5. The van der Waals surface area contributed by atoms with Gasteiger partial charge in [0.1, 0.15) is 5.15 Å². The van der Waals surface area contributed by atoms with Crippen LogP contribution in [-0.2, 0) is 6.54 Å². The average molecular weight is 519 g/mol. The van der Waals surface area contributed by atoms with Crippen LogP contribution in [0.4, 0.5) is 0 Å². The van der Waals surface area contributed by atoms with Crippen molar-refractivity contribution in [3.05, 3.63) is 50.4 Å². The van der Waals surface area contributed by atoms with Crippen LogP contribution in [-0.4, -0.2) is 64.4 Å². The Bertz CT molecular complexity index is 978. The molecule has 9 heteroatoms. The number of carbonyl (C=O) groups excluding carboxylic acids is 1. The van der Waals surface area contributed by atoms with Crippen molar-refractivity contribution < 1.29 is 4.79 Å². The SMILES string of the molecule is Cc1cc(Cl)nc(C)c1C(=O)NCC[C@@H](C)N1CCC(N(Cc2ccsc2)C(N)=NC(C)C)CC1. The van der Waals surface area contributed by atoms with E-state index in [0.29, 0.717) is 41.0 Å².